The highest BCUT2D eigenvalue weighted by Gasteiger charge is 2.24. The number of rotatable bonds is 5. The monoisotopic (exact) mass is 684 g/mol. The van der Waals surface area contributed by atoms with Crippen LogP contribution in [0.4, 0.5) is 11.4 Å². The van der Waals surface area contributed by atoms with Gasteiger partial charge in [0.1, 0.15) is 41.7 Å². The van der Waals surface area contributed by atoms with Crippen LogP contribution in [0.2, 0.25) is 0 Å². The number of hydrogen-bond donors (Lipinski definition) is 2. The quantitative estimate of drug-likeness (QED) is 0.191. The Bertz CT molecular complexity index is 2660. The first-order valence-corrected chi connectivity index (χ1v) is 17.6. The molecular weight excluding hydrogens is 653 g/mol. The zero-order chi connectivity index (χ0) is 33.8. The first kappa shape index (κ1) is 30.8. The van der Waals surface area contributed by atoms with Gasteiger partial charge in [0.05, 0.1) is 22.1 Å². The van der Waals surface area contributed by atoms with E-state index >= 15 is 0 Å². The molecule has 8 aromatic rings. The molecule has 9 rings (SSSR count). The van der Waals surface area contributed by atoms with E-state index < -0.39 is 0 Å². The number of hydrogen-bond acceptors (Lipinski definition) is 10. The highest BCUT2D eigenvalue weighted by Crippen LogP contribution is 2.37. The molecule has 10 nitrogen and oxygen atoms in total. The lowest BCUT2D eigenvalue weighted by molar-refractivity contribution is 0.898. The molecule has 2 N–H and O–H groups in total. The summed E-state index contributed by atoms with van der Waals surface area (Å²) in [5.41, 5.74) is 6.19. The molecule has 2 aromatic carbocycles. The van der Waals surface area contributed by atoms with Crippen molar-refractivity contribution in [1.29, 1.82) is 0 Å². The Morgan fingerprint density at radius 1 is 0.673 bits per heavy atom. The van der Waals surface area contributed by atoms with Crippen LogP contribution in [0.1, 0.15) is 30.1 Å². The summed E-state index contributed by atoms with van der Waals surface area (Å²) in [4.78, 5) is 46.3. The van der Waals surface area contributed by atoms with Gasteiger partial charge in [-0.3, -0.25) is 18.7 Å². The predicted octanol–water partition coefficient (Wildman–Crippen LogP) is 7.53. The molecule has 1 saturated carbocycles. The lowest BCUT2D eigenvalue weighted by Gasteiger charge is -2.10. The normalized spacial score (nSPS) is 12.8. The van der Waals surface area contributed by atoms with Gasteiger partial charge in [-0.1, -0.05) is 35.9 Å². The van der Waals surface area contributed by atoms with Crippen molar-refractivity contribution in [1.82, 2.24) is 29.1 Å². The molecule has 0 aliphatic heterocycles. The van der Waals surface area contributed by atoms with Crippen molar-refractivity contribution in [2.45, 2.75) is 39.7 Å². The van der Waals surface area contributed by atoms with Crippen molar-refractivity contribution < 1.29 is 0 Å². The van der Waals surface area contributed by atoms with Crippen molar-refractivity contribution in [2.24, 2.45) is 0 Å². The summed E-state index contributed by atoms with van der Waals surface area (Å²) < 4.78 is 4.62. The molecule has 6 heterocycles. The minimum Gasteiger partial charge on any atom is -0.387 e. The van der Waals surface area contributed by atoms with Crippen LogP contribution >= 0.6 is 22.7 Å². The fourth-order valence-electron chi connectivity index (χ4n) is 6.09. The van der Waals surface area contributed by atoms with E-state index in [4.69, 9.17) is 9.97 Å². The van der Waals surface area contributed by atoms with E-state index in [-0.39, 0.29) is 11.1 Å². The van der Waals surface area contributed by atoms with Gasteiger partial charge in [-0.15, -0.1) is 22.7 Å². The second-order valence-corrected chi connectivity index (χ2v) is 14.1. The highest BCUT2D eigenvalue weighted by atomic mass is 32.1. The van der Waals surface area contributed by atoms with Crippen LogP contribution in [0.25, 0.3) is 52.2 Å². The molecule has 6 aromatic heterocycles. The molecule has 0 radical (unpaired) electrons. The predicted molar refractivity (Wildman–Crippen MR) is 201 cm³/mol. The topological polar surface area (TPSA) is 120 Å². The van der Waals surface area contributed by atoms with Crippen LogP contribution in [0.3, 0.4) is 0 Å². The minimum absolute atomic E-state index is 0.0308. The number of fused-ring (bicyclic) bond motifs is 6. The van der Waals surface area contributed by atoms with E-state index in [1.165, 1.54) is 35.5 Å². The molecule has 49 heavy (non-hydrogen) atoms. The second-order valence-electron chi connectivity index (χ2n) is 12.1. The zero-order valence-electron chi connectivity index (χ0n) is 27.3. The molecule has 1 aliphatic rings. The van der Waals surface area contributed by atoms with Gasteiger partial charge in [-0.2, -0.15) is 0 Å². The lowest BCUT2D eigenvalue weighted by atomic mass is 10.2. The maximum absolute atomic E-state index is 13.2. The summed E-state index contributed by atoms with van der Waals surface area (Å²) >= 11 is 2.81. The number of aryl methyl sites for hydroxylation is 3. The van der Waals surface area contributed by atoms with Crippen LogP contribution in [0.15, 0.2) is 88.7 Å². The summed E-state index contributed by atoms with van der Waals surface area (Å²) in [5.74, 6) is 1.35. The third-order valence-electron chi connectivity index (χ3n) is 8.64. The van der Waals surface area contributed by atoms with Gasteiger partial charge < -0.3 is 10.6 Å². The summed E-state index contributed by atoms with van der Waals surface area (Å²) in [5, 5.41) is 8.58. The first-order valence-electron chi connectivity index (χ1n) is 16.0. The van der Waals surface area contributed by atoms with E-state index in [2.05, 4.69) is 20.6 Å². The number of pyridine rings is 2. The van der Waals surface area contributed by atoms with E-state index in [1.54, 1.807) is 21.5 Å². The highest BCUT2D eigenvalue weighted by molar-refractivity contribution is 7.25. The maximum Gasteiger partial charge on any atom is 0.276 e. The summed E-state index contributed by atoms with van der Waals surface area (Å²) in [6, 6.07) is 21.9. The van der Waals surface area contributed by atoms with E-state index in [0.717, 1.165) is 59.8 Å². The zero-order valence-corrected chi connectivity index (χ0v) is 28.9. The molecule has 0 amide bonds. The van der Waals surface area contributed by atoms with E-state index in [0.29, 0.717) is 27.1 Å². The second kappa shape index (κ2) is 12.2. The lowest BCUT2D eigenvalue weighted by Crippen LogP contribution is -2.21. The van der Waals surface area contributed by atoms with Crippen molar-refractivity contribution in [3.63, 3.8) is 0 Å². The number of nitrogens with one attached hydrogen (secondary N) is 2. The summed E-state index contributed by atoms with van der Waals surface area (Å²) in [6.07, 6.45) is 5.93. The van der Waals surface area contributed by atoms with Gasteiger partial charge in [0.25, 0.3) is 11.1 Å². The molecule has 0 bridgehead atoms. The van der Waals surface area contributed by atoms with Crippen LogP contribution in [-0.4, -0.2) is 42.2 Å². The van der Waals surface area contributed by atoms with Gasteiger partial charge in [0.15, 0.2) is 0 Å². The molecule has 12 heteroatoms. The van der Waals surface area contributed by atoms with Crippen molar-refractivity contribution in [3.8, 4) is 11.4 Å². The molecule has 1 aliphatic carbocycles. The smallest absolute Gasteiger partial charge is 0.276 e. The number of benzene rings is 2. The molecule has 0 unspecified atom stereocenters. The fraction of sp³-hybridized carbons (Fsp3) is 0.189. The van der Waals surface area contributed by atoms with Gasteiger partial charge >= 0.3 is 0 Å². The van der Waals surface area contributed by atoms with Crippen molar-refractivity contribution in [2.75, 3.05) is 17.7 Å². The Morgan fingerprint density at radius 3 is 1.71 bits per heavy atom. The Labute approximate surface area is 288 Å². The Kier molecular flexibility index (Phi) is 7.69. The molecule has 0 spiro atoms. The number of nitrogens with zero attached hydrogens (tertiary/aromatic N) is 6. The molecule has 1 fully saturated rings. The molecular formula is C37H32N8O2S2. The third kappa shape index (κ3) is 5.42. The SMILES string of the molecule is CNc1ccnc2sc3c(=O)n(-c4ccccc4)c(C)nc3c12.Cc1ccc(-n2c(C)nc3c(sc4nccc(NC5CC5)c43)c2=O)cc1. The molecule has 0 atom stereocenters. The van der Waals surface area contributed by atoms with Crippen molar-refractivity contribution >= 4 is 74.9 Å². The summed E-state index contributed by atoms with van der Waals surface area (Å²) in [6.45, 7) is 5.77. The first-order chi connectivity index (χ1) is 23.8. The number of thiophene rings is 2. The fourth-order valence-corrected chi connectivity index (χ4v) is 8.17. The van der Waals surface area contributed by atoms with Gasteiger partial charge in [-0.05, 0) is 70.0 Å². The Balaban J connectivity index is 0.000000143. The largest absolute Gasteiger partial charge is 0.387 e. The summed E-state index contributed by atoms with van der Waals surface area (Å²) in [7, 11) is 1.86. The average Bonchev–Trinajstić information content (AvgIpc) is 3.72. The van der Waals surface area contributed by atoms with E-state index in [9.17, 15) is 9.59 Å². The Morgan fingerprint density at radius 2 is 1.18 bits per heavy atom. The van der Waals surface area contributed by atoms with Gasteiger partial charge in [0.2, 0.25) is 0 Å². The van der Waals surface area contributed by atoms with Crippen LogP contribution in [0, 0.1) is 20.8 Å². The van der Waals surface area contributed by atoms with Crippen LogP contribution in [-0.2, 0) is 0 Å². The van der Waals surface area contributed by atoms with E-state index in [1.807, 2.05) is 94.5 Å². The van der Waals surface area contributed by atoms with Crippen LogP contribution < -0.4 is 21.8 Å². The number of para-hydroxylation sites is 1. The third-order valence-corrected chi connectivity index (χ3v) is 10.8. The molecule has 0 saturated heterocycles. The standard InChI is InChI=1S/C20H18N4OS.C17H14N4OS/c1-11-3-7-14(8-4-11)24-12(2)22-17-16-15(23-13-5-6-13)9-10-21-19(16)26-18(17)20(24)25;1-10-20-14-13-12(18-2)8-9-19-16(13)23-15(14)17(22)21(10)11-6-4-3-5-7-11/h3-4,7-10,13H,5-6H2,1-2H3,(H,21,23);3-9H,1-2H3,(H,18,19). The number of aromatic nitrogens is 6. The number of anilines is 2. The van der Waals surface area contributed by atoms with Crippen molar-refractivity contribution in [3.05, 3.63) is 117 Å². The Hall–Kier alpha value is -5.46. The van der Waals surface area contributed by atoms with Crippen LogP contribution in [0.5, 0.6) is 0 Å². The minimum atomic E-state index is -0.0521. The molecule has 244 valence electrons. The maximum atomic E-state index is 13.2. The van der Waals surface area contributed by atoms with Gasteiger partial charge in [-0.25, -0.2) is 19.9 Å². The average molecular weight is 685 g/mol. The van der Waals surface area contributed by atoms with Gasteiger partial charge in [0, 0.05) is 36.9 Å².